The molecule has 1 aromatic heterocycles. The van der Waals surface area contributed by atoms with Gasteiger partial charge in [0.1, 0.15) is 0 Å². The maximum Gasteiger partial charge on any atom is 0.322 e. The zero-order chi connectivity index (χ0) is 17.9. The van der Waals surface area contributed by atoms with Crippen LogP contribution < -0.4 is 5.32 Å². The summed E-state index contributed by atoms with van der Waals surface area (Å²) < 4.78 is 0. The van der Waals surface area contributed by atoms with Gasteiger partial charge in [-0.15, -0.1) is 0 Å². The molecule has 0 saturated carbocycles. The largest absolute Gasteiger partial charge is 0.396 e. The first kappa shape index (κ1) is 16.7. The van der Waals surface area contributed by atoms with Gasteiger partial charge < -0.3 is 20.3 Å². The van der Waals surface area contributed by atoms with Gasteiger partial charge in [-0.1, -0.05) is 30.3 Å². The lowest BCUT2D eigenvalue weighted by Crippen LogP contribution is -2.38. The summed E-state index contributed by atoms with van der Waals surface area (Å²) in [5, 5.41) is 13.3. The summed E-state index contributed by atoms with van der Waals surface area (Å²) in [6.07, 6.45) is 4.35. The summed E-state index contributed by atoms with van der Waals surface area (Å²) in [4.78, 5) is 18.1. The van der Waals surface area contributed by atoms with Crippen molar-refractivity contribution in [1.82, 2.24) is 9.88 Å². The van der Waals surface area contributed by atoms with Crippen LogP contribution in [0.15, 0.2) is 54.7 Å². The average molecular weight is 349 g/mol. The van der Waals surface area contributed by atoms with Gasteiger partial charge in [0.15, 0.2) is 0 Å². The maximum atomic E-state index is 13.1. The quantitative estimate of drug-likeness (QED) is 0.650. The molecule has 5 nitrogen and oxygen atoms in total. The minimum atomic E-state index is -0.117. The second-order valence-corrected chi connectivity index (χ2v) is 6.70. The number of nitrogens with one attached hydrogen (secondary N) is 2. The molecule has 5 heteroatoms. The Morgan fingerprint density at radius 2 is 2.08 bits per heavy atom. The molecule has 1 heterocycles. The molecule has 0 fully saturated rings. The van der Waals surface area contributed by atoms with Crippen LogP contribution in [0.4, 0.5) is 10.5 Å². The predicted molar refractivity (Wildman–Crippen MR) is 103 cm³/mol. The lowest BCUT2D eigenvalue weighted by molar-refractivity contribution is 0.177. The van der Waals surface area contributed by atoms with Crippen LogP contribution in [0, 0.1) is 0 Å². The summed E-state index contributed by atoms with van der Waals surface area (Å²) in [6.45, 7) is 0.607. The number of carbonyl (C=O) groups is 1. The van der Waals surface area contributed by atoms with Gasteiger partial charge in [-0.3, -0.25) is 0 Å². The number of fused-ring (bicyclic) bond motifs is 2. The van der Waals surface area contributed by atoms with Crippen molar-refractivity contribution in [1.29, 1.82) is 0 Å². The molecule has 0 aliphatic heterocycles. The minimum Gasteiger partial charge on any atom is -0.396 e. The molecule has 2 aromatic carbocycles. The second-order valence-electron chi connectivity index (χ2n) is 6.70. The van der Waals surface area contributed by atoms with Gasteiger partial charge in [0.25, 0.3) is 0 Å². The van der Waals surface area contributed by atoms with Gasteiger partial charge in [0, 0.05) is 30.3 Å². The minimum absolute atomic E-state index is 0.0585. The monoisotopic (exact) mass is 349 g/mol. The number of amides is 2. The van der Waals surface area contributed by atoms with Crippen LogP contribution in [0.25, 0.3) is 10.9 Å². The standard InChI is InChI=1S/C21H23N3O2/c25-14-4-13-24(20-10-9-15-5-1-2-6-16(15)20)21(26)23-19-8-3-7-18-17(19)11-12-22-18/h1-3,5-8,11-12,20,22,25H,4,9-10,13-14H2,(H,23,26). The molecule has 3 aromatic rings. The first-order chi connectivity index (χ1) is 12.8. The SMILES string of the molecule is O=C(Nc1cccc2[nH]ccc12)N(CCCO)C1CCc2ccccc21. The van der Waals surface area contributed by atoms with Crippen LogP contribution in [0.1, 0.15) is 30.0 Å². The van der Waals surface area contributed by atoms with E-state index >= 15 is 0 Å². The molecule has 3 N–H and O–H groups in total. The predicted octanol–water partition coefficient (Wildman–Crippen LogP) is 4.07. The number of rotatable bonds is 5. The number of aromatic amines is 1. The number of urea groups is 1. The van der Waals surface area contributed by atoms with Gasteiger partial charge in [-0.25, -0.2) is 4.79 Å². The van der Waals surface area contributed by atoms with Gasteiger partial charge in [-0.2, -0.15) is 0 Å². The third kappa shape index (κ3) is 3.06. The van der Waals surface area contributed by atoms with Gasteiger partial charge in [-0.05, 0) is 48.6 Å². The summed E-state index contributed by atoms with van der Waals surface area (Å²) in [5.41, 5.74) is 4.33. The number of nitrogens with zero attached hydrogens (tertiary/aromatic N) is 1. The van der Waals surface area contributed by atoms with Crippen LogP contribution in [0.5, 0.6) is 0 Å². The molecule has 0 saturated heterocycles. The van der Waals surface area contributed by atoms with Crippen molar-refractivity contribution in [2.24, 2.45) is 0 Å². The highest BCUT2D eigenvalue weighted by Crippen LogP contribution is 2.36. The van der Waals surface area contributed by atoms with Crippen LogP contribution in [-0.2, 0) is 6.42 Å². The van der Waals surface area contributed by atoms with E-state index in [0.717, 1.165) is 29.4 Å². The van der Waals surface area contributed by atoms with Crippen molar-refractivity contribution >= 4 is 22.6 Å². The molecule has 4 rings (SSSR count). The number of hydrogen-bond acceptors (Lipinski definition) is 2. The van der Waals surface area contributed by atoms with Crippen molar-refractivity contribution in [3.8, 4) is 0 Å². The number of benzene rings is 2. The number of anilines is 1. The van der Waals surface area contributed by atoms with E-state index in [0.29, 0.717) is 13.0 Å². The number of aryl methyl sites for hydroxylation is 1. The third-order valence-electron chi connectivity index (χ3n) is 5.13. The molecule has 134 valence electrons. The fourth-order valence-corrected chi connectivity index (χ4v) is 3.88. The lowest BCUT2D eigenvalue weighted by Gasteiger charge is -2.30. The van der Waals surface area contributed by atoms with Crippen LogP contribution in [0.2, 0.25) is 0 Å². The van der Waals surface area contributed by atoms with Gasteiger partial charge >= 0.3 is 6.03 Å². The first-order valence-electron chi connectivity index (χ1n) is 9.10. The highest BCUT2D eigenvalue weighted by atomic mass is 16.3. The van der Waals surface area contributed by atoms with Crippen LogP contribution >= 0.6 is 0 Å². The topological polar surface area (TPSA) is 68.4 Å². The van der Waals surface area contributed by atoms with Crippen molar-refractivity contribution in [2.45, 2.75) is 25.3 Å². The Bertz CT molecular complexity index is 918. The fraction of sp³-hybridized carbons (Fsp3) is 0.286. The van der Waals surface area contributed by atoms with Crippen molar-refractivity contribution in [3.05, 3.63) is 65.9 Å². The van der Waals surface area contributed by atoms with Gasteiger partial charge in [0.2, 0.25) is 0 Å². The number of hydrogen-bond donors (Lipinski definition) is 3. The molecule has 0 spiro atoms. The van der Waals surface area contributed by atoms with Crippen molar-refractivity contribution in [2.75, 3.05) is 18.5 Å². The molecule has 1 unspecified atom stereocenters. The highest BCUT2D eigenvalue weighted by Gasteiger charge is 2.30. The zero-order valence-corrected chi connectivity index (χ0v) is 14.6. The summed E-state index contributed by atoms with van der Waals surface area (Å²) >= 11 is 0. The van der Waals surface area contributed by atoms with E-state index in [2.05, 4.69) is 22.4 Å². The lowest BCUT2D eigenvalue weighted by atomic mass is 10.1. The molecule has 0 bridgehead atoms. The van der Waals surface area contributed by atoms with E-state index < -0.39 is 0 Å². The molecular weight excluding hydrogens is 326 g/mol. The number of H-pyrrole nitrogens is 1. The number of carbonyl (C=O) groups excluding carboxylic acids is 1. The average Bonchev–Trinajstić information content (AvgIpc) is 3.30. The zero-order valence-electron chi connectivity index (χ0n) is 14.6. The smallest absolute Gasteiger partial charge is 0.322 e. The molecule has 1 aliphatic rings. The second kappa shape index (κ2) is 7.22. The Hall–Kier alpha value is -2.79. The Morgan fingerprint density at radius 1 is 1.19 bits per heavy atom. The Balaban J connectivity index is 1.60. The molecule has 1 aliphatic carbocycles. The molecule has 26 heavy (non-hydrogen) atoms. The van der Waals surface area contributed by atoms with E-state index in [-0.39, 0.29) is 18.7 Å². The van der Waals surface area contributed by atoms with Crippen molar-refractivity contribution in [3.63, 3.8) is 0 Å². The molecule has 1 atom stereocenters. The summed E-state index contributed by atoms with van der Waals surface area (Å²) in [7, 11) is 0. The first-order valence-corrected chi connectivity index (χ1v) is 9.10. The van der Waals surface area contributed by atoms with Gasteiger partial charge in [0.05, 0.1) is 11.7 Å². The fourth-order valence-electron chi connectivity index (χ4n) is 3.88. The van der Waals surface area contributed by atoms with E-state index in [1.54, 1.807) is 0 Å². The van der Waals surface area contributed by atoms with E-state index in [1.807, 2.05) is 47.5 Å². The van der Waals surface area contributed by atoms with E-state index in [1.165, 1.54) is 11.1 Å². The number of aromatic nitrogens is 1. The van der Waals surface area contributed by atoms with E-state index in [9.17, 15) is 9.90 Å². The van der Waals surface area contributed by atoms with Crippen LogP contribution in [-0.4, -0.2) is 34.2 Å². The van der Waals surface area contributed by atoms with Crippen LogP contribution in [0.3, 0.4) is 0 Å². The number of aliphatic hydroxyl groups excluding tert-OH is 1. The maximum absolute atomic E-state index is 13.1. The Kier molecular flexibility index (Phi) is 4.63. The summed E-state index contributed by atoms with van der Waals surface area (Å²) in [6, 6.07) is 16.1. The molecule has 0 radical (unpaired) electrons. The highest BCUT2D eigenvalue weighted by molar-refractivity contribution is 6.00. The normalized spacial score (nSPS) is 15.8. The Labute approximate surface area is 152 Å². The van der Waals surface area contributed by atoms with E-state index in [4.69, 9.17) is 0 Å². The number of aliphatic hydroxyl groups is 1. The van der Waals surface area contributed by atoms with Crippen molar-refractivity contribution < 1.29 is 9.90 Å². The molecule has 2 amide bonds. The Morgan fingerprint density at radius 3 is 2.96 bits per heavy atom. The third-order valence-corrected chi connectivity index (χ3v) is 5.13. The molecular formula is C21H23N3O2. The summed E-state index contributed by atoms with van der Waals surface area (Å²) in [5.74, 6) is 0.